The predicted molar refractivity (Wildman–Crippen MR) is 82.0 cm³/mol. The highest BCUT2D eigenvalue weighted by Gasteiger charge is 2.21. The number of carbonyl (C=O) groups is 2. The Labute approximate surface area is 124 Å². The first-order valence-corrected chi connectivity index (χ1v) is 7.12. The molecule has 114 valence electrons. The molecule has 0 bridgehead atoms. The van der Waals surface area contributed by atoms with E-state index in [0.717, 1.165) is 30.8 Å². The molecule has 1 aliphatic heterocycles. The van der Waals surface area contributed by atoms with Gasteiger partial charge in [0.15, 0.2) is 0 Å². The summed E-state index contributed by atoms with van der Waals surface area (Å²) in [4.78, 5) is 25.0. The first-order valence-electron chi connectivity index (χ1n) is 7.12. The summed E-state index contributed by atoms with van der Waals surface area (Å²) in [5.74, 6) is 0.157. The quantitative estimate of drug-likeness (QED) is 0.775. The van der Waals surface area contributed by atoms with Crippen molar-refractivity contribution in [3.8, 4) is 0 Å². The molecule has 0 aromatic heterocycles. The summed E-state index contributed by atoms with van der Waals surface area (Å²) in [6.45, 7) is 2.13. The van der Waals surface area contributed by atoms with Crippen LogP contribution in [0, 0.1) is 5.92 Å². The topological polar surface area (TPSA) is 73.5 Å². The van der Waals surface area contributed by atoms with E-state index >= 15 is 0 Å². The Balaban J connectivity index is 1.88. The van der Waals surface area contributed by atoms with Crippen LogP contribution in [0.2, 0.25) is 0 Å². The number of amides is 3. The summed E-state index contributed by atoms with van der Waals surface area (Å²) >= 11 is 0. The van der Waals surface area contributed by atoms with Gasteiger partial charge in [-0.3, -0.25) is 4.79 Å². The van der Waals surface area contributed by atoms with Crippen molar-refractivity contribution in [2.24, 2.45) is 5.92 Å². The third-order valence-corrected chi connectivity index (χ3v) is 3.48. The standard InChI is InChI=1S/C15H22N4O2/c1-19(2)15(21)18-13-5-3-4-11(8-13)9-17-14(20)12-6-7-16-10-12/h3-5,8,12,16H,6-7,9-10H2,1-2H3,(H,17,20)(H,18,21). The molecule has 0 aliphatic carbocycles. The SMILES string of the molecule is CN(C)C(=O)Nc1cccc(CNC(=O)C2CCNC2)c1. The predicted octanol–water partition coefficient (Wildman–Crippen LogP) is 1.01. The summed E-state index contributed by atoms with van der Waals surface area (Å²) in [5, 5.41) is 8.91. The molecule has 1 aromatic rings. The molecule has 0 radical (unpaired) electrons. The van der Waals surface area contributed by atoms with Crippen LogP contribution in [0.15, 0.2) is 24.3 Å². The maximum atomic E-state index is 11.9. The lowest BCUT2D eigenvalue weighted by molar-refractivity contribution is -0.124. The molecule has 3 amide bonds. The van der Waals surface area contributed by atoms with E-state index in [1.54, 1.807) is 14.1 Å². The van der Waals surface area contributed by atoms with Crippen LogP contribution < -0.4 is 16.0 Å². The lowest BCUT2D eigenvalue weighted by atomic mass is 10.1. The molecule has 0 saturated carbocycles. The number of nitrogens with one attached hydrogen (secondary N) is 3. The number of benzene rings is 1. The van der Waals surface area contributed by atoms with E-state index in [9.17, 15) is 9.59 Å². The van der Waals surface area contributed by atoms with Crippen molar-refractivity contribution in [1.29, 1.82) is 0 Å². The van der Waals surface area contributed by atoms with Crippen molar-refractivity contribution in [2.45, 2.75) is 13.0 Å². The van der Waals surface area contributed by atoms with E-state index in [4.69, 9.17) is 0 Å². The monoisotopic (exact) mass is 290 g/mol. The van der Waals surface area contributed by atoms with E-state index in [1.807, 2.05) is 24.3 Å². The lowest BCUT2D eigenvalue weighted by Crippen LogP contribution is -2.31. The van der Waals surface area contributed by atoms with Gasteiger partial charge in [-0.2, -0.15) is 0 Å². The Hall–Kier alpha value is -2.08. The Morgan fingerprint density at radius 2 is 2.19 bits per heavy atom. The van der Waals surface area contributed by atoms with Crippen molar-refractivity contribution in [3.63, 3.8) is 0 Å². The minimum atomic E-state index is -0.173. The maximum Gasteiger partial charge on any atom is 0.321 e. The molecule has 6 nitrogen and oxygen atoms in total. The second-order valence-electron chi connectivity index (χ2n) is 5.43. The van der Waals surface area contributed by atoms with Crippen LogP contribution in [0.3, 0.4) is 0 Å². The van der Waals surface area contributed by atoms with Gasteiger partial charge in [0.25, 0.3) is 0 Å². The average Bonchev–Trinajstić information content (AvgIpc) is 2.99. The molecular weight excluding hydrogens is 268 g/mol. The van der Waals surface area contributed by atoms with Crippen molar-refractivity contribution < 1.29 is 9.59 Å². The molecule has 1 saturated heterocycles. The molecule has 1 aromatic carbocycles. The molecule has 2 rings (SSSR count). The number of rotatable bonds is 4. The minimum Gasteiger partial charge on any atom is -0.352 e. The van der Waals surface area contributed by atoms with Gasteiger partial charge in [-0.05, 0) is 30.7 Å². The fraction of sp³-hybridized carbons (Fsp3) is 0.467. The second-order valence-corrected chi connectivity index (χ2v) is 5.43. The van der Waals surface area contributed by atoms with Crippen LogP contribution >= 0.6 is 0 Å². The first kappa shape index (κ1) is 15.3. The van der Waals surface area contributed by atoms with Crippen LogP contribution in [0.1, 0.15) is 12.0 Å². The molecule has 21 heavy (non-hydrogen) atoms. The number of nitrogens with zero attached hydrogens (tertiary/aromatic N) is 1. The molecule has 6 heteroatoms. The fourth-order valence-corrected chi connectivity index (χ4v) is 2.21. The summed E-state index contributed by atoms with van der Waals surface area (Å²) in [7, 11) is 3.38. The number of urea groups is 1. The largest absolute Gasteiger partial charge is 0.352 e. The zero-order chi connectivity index (χ0) is 15.2. The van der Waals surface area contributed by atoms with Crippen molar-refractivity contribution >= 4 is 17.6 Å². The highest BCUT2D eigenvalue weighted by Crippen LogP contribution is 2.12. The molecule has 1 fully saturated rings. The van der Waals surface area contributed by atoms with Gasteiger partial charge in [-0.15, -0.1) is 0 Å². The molecule has 3 N–H and O–H groups in total. The van der Waals surface area contributed by atoms with Gasteiger partial charge in [0.05, 0.1) is 5.92 Å². The highest BCUT2D eigenvalue weighted by molar-refractivity contribution is 5.89. The minimum absolute atomic E-state index is 0.0710. The van der Waals surface area contributed by atoms with E-state index < -0.39 is 0 Å². The third-order valence-electron chi connectivity index (χ3n) is 3.48. The van der Waals surface area contributed by atoms with Crippen molar-refractivity contribution in [1.82, 2.24) is 15.5 Å². The summed E-state index contributed by atoms with van der Waals surface area (Å²) < 4.78 is 0. The first-order chi connectivity index (χ1) is 10.1. The molecule has 1 aliphatic rings. The van der Waals surface area contributed by atoms with Crippen molar-refractivity contribution in [2.75, 3.05) is 32.5 Å². The molecule has 1 heterocycles. The van der Waals surface area contributed by atoms with Gasteiger partial charge >= 0.3 is 6.03 Å². The maximum absolute atomic E-state index is 11.9. The van der Waals surface area contributed by atoms with Gasteiger partial charge in [0.2, 0.25) is 5.91 Å². The van der Waals surface area contributed by atoms with E-state index in [-0.39, 0.29) is 17.9 Å². The van der Waals surface area contributed by atoms with Gasteiger partial charge in [-0.25, -0.2) is 4.79 Å². The van der Waals surface area contributed by atoms with Crippen molar-refractivity contribution in [3.05, 3.63) is 29.8 Å². The molecule has 1 unspecified atom stereocenters. The Morgan fingerprint density at radius 1 is 1.38 bits per heavy atom. The number of hydrogen-bond acceptors (Lipinski definition) is 3. The van der Waals surface area contributed by atoms with Crippen LogP contribution in [0.25, 0.3) is 0 Å². The smallest absolute Gasteiger partial charge is 0.321 e. The number of hydrogen-bond donors (Lipinski definition) is 3. The summed E-state index contributed by atoms with van der Waals surface area (Å²) in [6, 6.07) is 7.32. The zero-order valence-electron chi connectivity index (χ0n) is 12.5. The van der Waals surface area contributed by atoms with Crippen LogP contribution in [0.4, 0.5) is 10.5 Å². The summed E-state index contributed by atoms with van der Waals surface area (Å²) in [5.41, 5.74) is 1.69. The Bertz CT molecular complexity index is 510. The van der Waals surface area contributed by atoms with Gasteiger partial charge in [0, 0.05) is 32.9 Å². The normalized spacial score (nSPS) is 17.3. The summed E-state index contributed by atoms with van der Waals surface area (Å²) in [6.07, 6.45) is 0.894. The van der Waals surface area contributed by atoms with Crippen LogP contribution in [0.5, 0.6) is 0 Å². The van der Waals surface area contributed by atoms with Gasteiger partial charge in [-0.1, -0.05) is 12.1 Å². The van der Waals surface area contributed by atoms with E-state index in [1.165, 1.54) is 4.90 Å². The van der Waals surface area contributed by atoms with Crippen LogP contribution in [-0.2, 0) is 11.3 Å². The highest BCUT2D eigenvalue weighted by atomic mass is 16.2. The van der Waals surface area contributed by atoms with E-state index in [2.05, 4.69) is 16.0 Å². The number of anilines is 1. The molecular formula is C15H22N4O2. The van der Waals surface area contributed by atoms with Gasteiger partial charge < -0.3 is 20.9 Å². The fourth-order valence-electron chi connectivity index (χ4n) is 2.21. The molecule has 1 atom stereocenters. The zero-order valence-corrected chi connectivity index (χ0v) is 12.5. The van der Waals surface area contributed by atoms with E-state index in [0.29, 0.717) is 6.54 Å². The number of carbonyl (C=O) groups excluding carboxylic acids is 2. The Morgan fingerprint density at radius 3 is 2.86 bits per heavy atom. The Kier molecular flexibility index (Phi) is 5.16. The lowest BCUT2D eigenvalue weighted by Gasteiger charge is -2.13. The second kappa shape index (κ2) is 7.08. The third kappa shape index (κ3) is 4.46. The van der Waals surface area contributed by atoms with Gasteiger partial charge in [0.1, 0.15) is 0 Å². The molecule has 0 spiro atoms. The average molecular weight is 290 g/mol. The van der Waals surface area contributed by atoms with Crippen LogP contribution in [-0.4, -0.2) is 44.0 Å².